The lowest BCUT2D eigenvalue weighted by molar-refractivity contribution is 0.206. The van der Waals surface area contributed by atoms with E-state index >= 15 is 0 Å². The second kappa shape index (κ2) is 9.50. The summed E-state index contributed by atoms with van der Waals surface area (Å²) in [5.41, 5.74) is 5.83. The van der Waals surface area contributed by atoms with Crippen molar-refractivity contribution >= 4 is 21.6 Å². The molecule has 166 valence electrons. The fourth-order valence-corrected chi connectivity index (χ4v) is 5.09. The second-order valence-electron chi connectivity index (χ2n) is 7.36. The second-order valence-corrected chi connectivity index (χ2v) is 9.29. The van der Waals surface area contributed by atoms with Gasteiger partial charge in [-0.3, -0.25) is 5.43 Å². The van der Waals surface area contributed by atoms with Gasteiger partial charge in [0.15, 0.2) is 0 Å². The Hall–Kier alpha value is -3.23. The van der Waals surface area contributed by atoms with Crippen LogP contribution in [0, 0.1) is 0 Å². The van der Waals surface area contributed by atoms with Crippen LogP contribution in [-0.4, -0.2) is 36.5 Å². The van der Waals surface area contributed by atoms with Gasteiger partial charge < -0.3 is 4.74 Å². The summed E-state index contributed by atoms with van der Waals surface area (Å²) < 4.78 is 32.9. The van der Waals surface area contributed by atoms with Crippen LogP contribution < -0.4 is 10.2 Å². The molecular formula is C24H26N4O3S. The van der Waals surface area contributed by atoms with E-state index in [0.717, 1.165) is 22.6 Å². The molecule has 1 aliphatic heterocycles. The van der Waals surface area contributed by atoms with Gasteiger partial charge in [0.2, 0.25) is 10.0 Å². The van der Waals surface area contributed by atoms with Crippen LogP contribution >= 0.6 is 0 Å². The summed E-state index contributed by atoms with van der Waals surface area (Å²) in [6.45, 7) is 4.46. The number of hydrazone groups is 1. The quantitative estimate of drug-likeness (QED) is 0.538. The van der Waals surface area contributed by atoms with Gasteiger partial charge in [-0.2, -0.15) is 9.41 Å². The van der Waals surface area contributed by atoms with E-state index in [0.29, 0.717) is 25.3 Å². The molecule has 0 fully saturated rings. The minimum absolute atomic E-state index is 0.138. The molecule has 0 saturated heterocycles. The zero-order valence-electron chi connectivity index (χ0n) is 18.1. The van der Waals surface area contributed by atoms with E-state index in [-0.39, 0.29) is 11.0 Å². The number of hydrogen-bond donors (Lipinski definition) is 1. The van der Waals surface area contributed by atoms with Crippen molar-refractivity contribution in [2.24, 2.45) is 5.10 Å². The first kappa shape index (κ1) is 22.0. The number of aromatic nitrogens is 1. The molecule has 1 aliphatic rings. The molecule has 7 nitrogen and oxygen atoms in total. The van der Waals surface area contributed by atoms with Gasteiger partial charge in [0.25, 0.3) is 0 Å². The molecule has 0 bridgehead atoms. The van der Waals surface area contributed by atoms with Gasteiger partial charge >= 0.3 is 0 Å². The van der Waals surface area contributed by atoms with Crippen LogP contribution in [0.2, 0.25) is 0 Å². The fourth-order valence-electron chi connectivity index (χ4n) is 3.68. The maximum atomic E-state index is 12.6. The van der Waals surface area contributed by atoms with Crippen molar-refractivity contribution < 1.29 is 13.2 Å². The molecule has 0 amide bonds. The van der Waals surface area contributed by atoms with E-state index in [1.54, 1.807) is 12.1 Å². The summed E-state index contributed by atoms with van der Waals surface area (Å²) in [4.78, 5) is 4.42. The van der Waals surface area contributed by atoms with E-state index in [1.165, 1.54) is 10.5 Å². The molecule has 0 spiro atoms. The molecule has 3 aromatic rings. The van der Waals surface area contributed by atoms with Crippen LogP contribution in [0.15, 0.2) is 82.9 Å². The molecule has 4 rings (SSSR count). The summed E-state index contributed by atoms with van der Waals surface area (Å²) in [5.74, 6) is 1.25. The summed E-state index contributed by atoms with van der Waals surface area (Å²) in [6, 6.07) is 21.0. The Morgan fingerprint density at radius 3 is 2.44 bits per heavy atom. The lowest BCUT2D eigenvalue weighted by Gasteiger charge is -2.27. The molecular weight excluding hydrogens is 424 g/mol. The molecule has 1 N–H and O–H groups in total. The number of pyridine rings is 1. The molecule has 1 aromatic heterocycles. The van der Waals surface area contributed by atoms with E-state index in [4.69, 9.17) is 4.74 Å². The predicted octanol–water partition coefficient (Wildman–Crippen LogP) is 4.45. The number of nitrogens with one attached hydrogen (secondary N) is 1. The average molecular weight is 451 g/mol. The molecule has 0 aliphatic carbocycles. The number of benzene rings is 2. The zero-order valence-corrected chi connectivity index (χ0v) is 18.9. The highest BCUT2D eigenvalue weighted by molar-refractivity contribution is 7.89. The summed E-state index contributed by atoms with van der Waals surface area (Å²) in [7, 11) is -3.54. The number of para-hydroxylation sites is 1. The van der Waals surface area contributed by atoms with Crippen molar-refractivity contribution in [2.75, 3.05) is 18.5 Å². The Morgan fingerprint density at radius 2 is 1.75 bits per heavy atom. The third-order valence-corrected chi connectivity index (χ3v) is 7.44. The Labute approximate surface area is 188 Å². The summed E-state index contributed by atoms with van der Waals surface area (Å²) in [6.07, 6.45) is 1.82. The van der Waals surface area contributed by atoms with Crippen molar-refractivity contribution in [1.29, 1.82) is 0 Å². The smallest absolute Gasteiger partial charge is 0.244 e. The van der Waals surface area contributed by atoms with E-state index in [2.05, 4.69) is 15.5 Å². The number of hydrogen-bond acceptors (Lipinski definition) is 6. The van der Waals surface area contributed by atoms with Crippen molar-refractivity contribution in [1.82, 2.24) is 9.29 Å². The van der Waals surface area contributed by atoms with Crippen molar-refractivity contribution in [3.05, 3.63) is 84.1 Å². The first-order valence-electron chi connectivity index (χ1n) is 10.6. The molecule has 32 heavy (non-hydrogen) atoms. The van der Waals surface area contributed by atoms with Gasteiger partial charge in [-0.15, -0.1) is 0 Å². The highest BCUT2D eigenvalue weighted by atomic mass is 32.2. The van der Waals surface area contributed by atoms with E-state index in [1.807, 2.05) is 68.4 Å². The first-order chi connectivity index (χ1) is 15.5. The Balaban J connectivity index is 1.57. The van der Waals surface area contributed by atoms with Crippen molar-refractivity contribution in [3.8, 4) is 5.75 Å². The maximum absolute atomic E-state index is 12.6. The number of anilines is 1. The molecule has 1 atom stereocenters. The fraction of sp³-hybridized carbons (Fsp3) is 0.250. The zero-order chi connectivity index (χ0) is 22.6. The number of ether oxygens (including phenoxy) is 1. The maximum Gasteiger partial charge on any atom is 0.244 e. The monoisotopic (exact) mass is 450 g/mol. The highest BCUT2D eigenvalue weighted by Crippen LogP contribution is 2.35. The lowest BCUT2D eigenvalue weighted by Crippen LogP contribution is -2.30. The topological polar surface area (TPSA) is 83.9 Å². The standard InChI is InChI=1S/C24H26N4O3S/c1-3-28(4-2)32(29,30)19-14-15-24(25-17-19)27-26-21-16-23(18-10-6-5-7-11-18)31-22-13-9-8-12-20(21)22/h5-15,17,23H,3-4,16H2,1-2H3,(H,25,27)/b26-21-/t23-/m0/s1. The molecule has 2 aromatic carbocycles. The van der Waals surface area contributed by atoms with Crippen LogP contribution in [0.25, 0.3) is 0 Å². The summed E-state index contributed by atoms with van der Waals surface area (Å²) in [5, 5.41) is 4.59. The number of fused-ring (bicyclic) bond motifs is 1. The molecule has 8 heteroatoms. The minimum Gasteiger partial charge on any atom is -0.485 e. The third-order valence-electron chi connectivity index (χ3n) is 5.40. The van der Waals surface area contributed by atoms with E-state index < -0.39 is 10.0 Å². The summed E-state index contributed by atoms with van der Waals surface area (Å²) >= 11 is 0. The predicted molar refractivity (Wildman–Crippen MR) is 125 cm³/mol. The highest BCUT2D eigenvalue weighted by Gasteiger charge is 2.26. The number of rotatable bonds is 7. The van der Waals surface area contributed by atoms with Crippen molar-refractivity contribution in [3.63, 3.8) is 0 Å². The largest absolute Gasteiger partial charge is 0.485 e. The number of sulfonamides is 1. The van der Waals surface area contributed by atoms with Gasteiger partial charge in [0.1, 0.15) is 22.6 Å². The Bertz CT molecular complexity index is 1190. The average Bonchev–Trinajstić information content (AvgIpc) is 2.84. The van der Waals surface area contributed by atoms with Crippen LogP contribution in [0.4, 0.5) is 5.82 Å². The molecule has 0 radical (unpaired) electrons. The number of nitrogens with zero attached hydrogens (tertiary/aromatic N) is 3. The lowest BCUT2D eigenvalue weighted by atomic mass is 9.96. The van der Waals surface area contributed by atoms with Crippen LogP contribution in [0.1, 0.15) is 37.5 Å². The molecule has 0 saturated carbocycles. The van der Waals surface area contributed by atoms with Gasteiger partial charge in [-0.25, -0.2) is 13.4 Å². The third kappa shape index (κ3) is 4.51. The van der Waals surface area contributed by atoms with Crippen LogP contribution in [0.5, 0.6) is 5.75 Å². The van der Waals surface area contributed by atoms with E-state index in [9.17, 15) is 8.42 Å². The van der Waals surface area contributed by atoms with Crippen molar-refractivity contribution in [2.45, 2.75) is 31.3 Å². The minimum atomic E-state index is -3.54. The first-order valence-corrected chi connectivity index (χ1v) is 12.1. The van der Waals surface area contributed by atoms with Gasteiger partial charge in [0, 0.05) is 31.3 Å². The Kier molecular flexibility index (Phi) is 6.53. The van der Waals surface area contributed by atoms with Gasteiger partial charge in [-0.05, 0) is 29.8 Å². The Morgan fingerprint density at radius 1 is 1.03 bits per heavy atom. The van der Waals surface area contributed by atoms with Crippen LogP contribution in [-0.2, 0) is 10.0 Å². The normalized spacial score (nSPS) is 17.1. The molecule has 2 heterocycles. The molecule has 0 unspecified atom stereocenters. The van der Waals surface area contributed by atoms with Gasteiger partial charge in [-0.1, -0.05) is 56.3 Å². The van der Waals surface area contributed by atoms with Crippen LogP contribution in [0.3, 0.4) is 0 Å². The SMILES string of the molecule is CCN(CC)S(=O)(=O)c1ccc(N/N=C2/C[C@@H](c3ccccc3)Oc3ccccc32)nc1. The van der Waals surface area contributed by atoms with Gasteiger partial charge in [0.05, 0.1) is 5.71 Å².